The van der Waals surface area contributed by atoms with Gasteiger partial charge in [-0.15, -0.1) is 0 Å². The van der Waals surface area contributed by atoms with E-state index in [1.165, 1.54) is 10.2 Å². The number of nitrogens with one attached hydrogen (secondary N) is 1. The van der Waals surface area contributed by atoms with Crippen molar-refractivity contribution in [2.24, 2.45) is 5.10 Å². The first-order valence-corrected chi connectivity index (χ1v) is 8.01. The molecule has 0 aliphatic heterocycles. The molecule has 7 heteroatoms. The van der Waals surface area contributed by atoms with Crippen LogP contribution in [0.25, 0.3) is 0 Å². The standard InChI is InChI=1S/C17H18N4O2S/c1-12(2)13-5-7-14(8-6-13)23-11-16-19-20-17(24)21(16)18-10-15-4-3-9-22-15/h3-10,12H,11H2,1-2H3,(H,20,24)/b18-10-. The zero-order valence-electron chi connectivity index (χ0n) is 13.5. The van der Waals surface area contributed by atoms with E-state index in [4.69, 9.17) is 21.4 Å². The minimum Gasteiger partial charge on any atom is -0.486 e. The molecule has 0 aliphatic carbocycles. The minimum atomic E-state index is 0.254. The Morgan fingerprint density at radius 1 is 1.33 bits per heavy atom. The average Bonchev–Trinajstić information content (AvgIpc) is 3.21. The van der Waals surface area contributed by atoms with Gasteiger partial charge in [-0.25, -0.2) is 5.10 Å². The van der Waals surface area contributed by atoms with E-state index >= 15 is 0 Å². The number of aromatic nitrogens is 3. The van der Waals surface area contributed by atoms with Gasteiger partial charge in [-0.2, -0.15) is 14.9 Å². The van der Waals surface area contributed by atoms with Gasteiger partial charge in [0.05, 0.1) is 12.5 Å². The SMILES string of the molecule is CC(C)c1ccc(OCc2n[nH]c(=S)n2/N=C\c2ccco2)cc1. The second-order valence-corrected chi connectivity index (χ2v) is 5.92. The van der Waals surface area contributed by atoms with Gasteiger partial charge in [0.2, 0.25) is 4.77 Å². The van der Waals surface area contributed by atoms with Crippen LogP contribution in [-0.2, 0) is 6.61 Å². The van der Waals surface area contributed by atoms with Crippen LogP contribution in [0, 0.1) is 4.77 Å². The molecule has 6 nitrogen and oxygen atoms in total. The molecule has 1 aromatic carbocycles. The minimum absolute atomic E-state index is 0.254. The first-order chi connectivity index (χ1) is 11.6. The lowest BCUT2D eigenvalue weighted by molar-refractivity contribution is 0.290. The molecular weight excluding hydrogens is 324 g/mol. The third-order valence-corrected chi connectivity index (χ3v) is 3.74. The lowest BCUT2D eigenvalue weighted by atomic mass is 10.0. The van der Waals surface area contributed by atoms with Crippen molar-refractivity contribution in [2.45, 2.75) is 26.4 Å². The zero-order chi connectivity index (χ0) is 16.9. The van der Waals surface area contributed by atoms with E-state index < -0.39 is 0 Å². The molecule has 2 heterocycles. The van der Waals surface area contributed by atoms with Gasteiger partial charge in [0, 0.05) is 0 Å². The van der Waals surface area contributed by atoms with E-state index in [2.05, 4.69) is 41.3 Å². The molecule has 0 atom stereocenters. The highest BCUT2D eigenvalue weighted by Gasteiger charge is 2.07. The van der Waals surface area contributed by atoms with Crippen molar-refractivity contribution in [1.29, 1.82) is 0 Å². The summed E-state index contributed by atoms with van der Waals surface area (Å²) in [7, 11) is 0. The number of hydrogen-bond donors (Lipinski definition) is 1. The summed E-state index contributed by atoms with van der Waals surface area (Å²) in [5.41, 5.74) is 1.27. The number of ether oxygens (including phenoxy) is 1. The molecule has 124 valence electrons. The summed E-state index contributed by atoms with van der Waals surface area (Å²) in [5.74, 6) is 2.48. The predicted octanol–water partition coefficient (Wildman–Crippen LogP) is 4.12. The molecule has 0 radical (unpaired) electrons. The summed E-state index contributed by atoms with van der Waals surface area (Å²) in [5, 5.41) is 11.1. The number of hydrogen-bond acceptors (Lipinski definition) is 5. The maximum atomic E-state index is 5.77. The topological polar surface area (TPSA) is 68.3 Å². The summed E-state index contributed by atoms with van der Waals surface area (Å²) in [6.45, 7) is 4.57. The van der Waals surface area contributed by atoms with Crippen molar-refractivity contribution in [3.05, 3.63) is 64.6 Å². The number of rotatable bonds is 6. The van der Waals surface area contributed by atoms with Gasteiger partial charge in [0.1, 0.15) is 18.1 Å². The third kappa shape index (κ3) is 3.80. The van der Waals surface area contributed by atoms with Gasteiger partial charge in [0.25, 0.3) is 0 Å². The molecule has 0 saturated heterocycles. The maximum absolute atomic E-state index is 5.77. The Hall–Kier alpha value is -2.67. The molecule has 3 rings (SSSR count). The molecule has 24 heavy (non-hydrogen) atoms. The summed E-state index contributed by atoms with van der Waals surface area (Å²) in [4.78, 5) is 0. The summed E-state index contributed by atoms with van der Waals surface area (Å²) in [6, 6.07) is 11.6. The summed E-state index contributed by atoms with van der Waals surface area (Å²) in [6.07, 6.45) is 3.16. The number of nitrogens with zero attached hydrogens (tertiary/aromatic N) is 3. The second-order valence-electron chi connectivity index (χ2n) is 5.53. The molecule has 2 aromatic heterocycles. The molecule has 3 aromatic rings. The number of H-pyrrole nitrogens is 1. The largest absolute Gasteiger partial charge is 0.486 e. The monoisotopic (exact) mass is 342 g/mol. The van der Waals surface area contributed by atoms with Crippen molar-refractivity contribution >= 4 is 18.4 Å². The molecule has 0 aliphatic rings. The van der Waals surface area contributed by atoms with Gasteiger partial charge in [-0.3, -0.25) is 0 Å². The first-order valence-electron chi connectivity index (χ1n) is 7.60. The lowest BCUT2D eigenvalue weighted by Gasteiger charge is -2.08. The Labute approximate surface area is 144 Å². The van der Waals surface area contributed by atoms with Gasteiger partial charge in [-0.05, 0) is 48.0 Å². The molecule has 0 bridgehead atoms. The van der Waals surface area contributed by atoms with Crippen molar-refractivity contribution in [3.63, 3.8) is 0 Å². The third-order valence-electron chi connectivity index (χ3n) is 3.48. The molecule has 0 saturated carbocycles. The highest BCUT2D eigenvalue weighted by Crippen LogP contribution is 2.19. The van der Waals surface area contributed by atoms with E-state index in [1.54, 1.807) is 24.6 Å². The maximum Gasteiger partial charge on any atom is 0.216 e. The van der Waals surface area contributed by atoms with E-state index in [0.29, 0.717) is 22.3 Å². The fourth-order valence-electron chi connectivity index (χ4n) is 2.11. The molecular formula is C17H18N4O2S. The van der Waals surface area contributed by atoms with Crippen LogP contribution in [0.5, 0.6) is 5.75 Å². The van der Waals surface area contributed by atoms with Gasteiger partial charge in [-0.1, -0.05) is 26.0 Å². The van der Waals surface area contributed by atoms with Gasteiger partial charge in [0.15, 0.2) is 5.82 Å². The van der Waals surface area contributed by atoms with Crippen LogP contribution in [-0.4, -0.2) is 21.1 Å². The Morgan fingerprint density at radius 2 is 2.12 bits per heavy atom. The lowest BCUT2D eigenvalue weighted by Crippen LogP contribution is -2.04. The quantitative estimate of drug-likeness (QED) is 0.540. The van der Waals surface area contributed by atoms with Crippen LogP contribution in [0.3, 0.4) is 0 Å². The van der Waals surface area contributed by atoms with Crippen LogP contribution >= 0.6 is 12.2 Å². The molecule has 1 N–H and O–H groups in total. The zero-order valence-corrected chi connectivity index (χ0v) is 14.3. The normalized spacial score (nSPS) is 11.5. The second kappa shape index (κ2) is 7.27. The van der Waals surface area contributed by atoms with Crippen LogP contribution in [0.15, 0.2) is 52.2 Å². The van der Waals surface area contributed by atoms with Gasteiger partial charge < -0.3 is 9.15 Å². The highest BCUT2D eigenvalue weighted by molar-refractivity contribution is 7.71. The average molecular weight is 342 g/mol. The smallest absolute Gasteiger partial charge is 0.216 e. The number of furan rings is 1. The molecule has 0 amide bonds. The summed E-state index contributed by atoms with van der Waals surface area (Å²) < 4.78 is 12.9. The van der Waals surface area contributed by atoms with E-state index in [9.17, 15) is 0 Å². The molecule has 0 spiro atoms. The predicted molar refractivity (Wildman–Crippen MR) is 94.0 cm³/mol. The Kier molecular flexibility index (Phi) is 4.90. The highest BCUT2D eigenvalue weighted by atomic mass is 32.1. The van der Waals surface area contributed by atoms with Gasteiger partial charge >= 0.3 is 0 Å². The van der Waals surface area contributed by atoms with Crippen molar-refractivity contribution < 1.29 is 9.15 Å². The molecule has 0 unspecified atom stereocenters. The number of benzene rings is 1. The van der Waals surface area contributed by atoms with Crippen LogP contribution in [0.2, 0.25) is 0 Å². The molecule has 0 fully saturated rings. The van der Waals surface area contributed by atoms with Crippen LogP contribution in [0.1, 0.15) is 36.9 Å². The van der Waals surface area contributed by atoms with E-state index in [1.807, 2.05) is 12.1 Å². The van der Waals surface area contributed by atoms with Crippen molar-refractivity contribution in [1.82, 2.24) is 14.9 Å². The van der Waals surface area contributed by atoms with Crippen molar-refractivity contribution in [3.8, 4) is 5.75 Å². The van der Waals surface area contributed by atoms with Crippen LogP contribution in [0.4, 0.5) is 0 Å². The van der Waals surface area contributed by atoms with E-state index in [0.717, 1.165) is 5.75 Å². The first kappa shape index (κ1) is 16.2. The number of aromatic amines is 1. The van der Waals surface area contributed by atoms with E-state index in [-0.39, 0.29) is 6.61 Å². The fraction of sp³-hybridized carbons (Fsp3) is 0.235. The van der Waals surface area contributed by atoms with Crippen molar-refractivity contribution in [2.75, 3.05) is 0 Å². The summed E-state index contributed by atoms with van der Waals surface area (Å²) >= 11 is 5.19. The Bertz CT molecular complexity index is 861. The Morgan fingerprint density at radius 3 is 2.79 bits per heavy atom. The Balaban J connectivity index is 1.70. The van der Waals surface area contributed by atoms with Crippen LogP contribution < -0.4 is 4.74 Å². The fourth-order valence-corrected chi connectivity index (χ4v) is 2.31.